The third-order valence-corrected chi connectivity index (χ3v) is 5.37. The van der Waals surface area contributed by atoms with Crippen molar-refractivity contribution in [2.24, 2.45) is 0 Å². The normalized spacial score (nSPS) is 12.9. The highest BCUT2D eigenvalue weighted by molar-refractivity contribution is 6.00. The van der Waals surface area contributed by atoms with Crippen molar-refractivity contribution in [1.29, 1.82) is 0 Å². The Morgan fingerprint density at radius 3 is 2.40 bits per heavy atom. The minimum atomic E-state index is -0.204. The summed E-state index contributed by atoms with van der Waals surface area (Å²) >= 11 is 0. The van der Waals surface area contributed by atoms with Gasteiger partial charge in [-0.1, -0.05) is 18.2 Å². The third kappa shape index (κ3) is 4.08. The van der Waals surface area contributed by atoms with E-state index in [4.69, 9.17) is 4.74 Å². The summed E-state index contributed by atoms with van der Waals surface area (Å²) in [4.78, 5) is 27.0. The lowest BCUT2D eigenvalue weighted by Crippen LogP contribution is -2.38. The number of amides is 2. The van der Waals surface area contributed by atoms with Crippen LogP contribution in [0.4, 0.5) is 5.69 Å². The number of rotatable bonds is 5. The van der Waals surface area contributed by atoms with E-state index in [2.05, 4.69) is 11.5 Å². The number of hydrogen-bond acceptors (Lipinski definition) is 3. The van der Waals surface area contributed by atoms with Crippen molar-refractivity contribution < 1.29 is 14.3 Å². The van der Waals surface area contributed by atoms with Crippen LogP contribution in [0.25, 0.3) is 0 Å². The molecule has 1 N–H and O–H groups in total. The summed E-state index contributed by atoms with van der Waals surface area (Å²) in [7, 11) is 0. The molecule has 2 heterocycles. The molecule has 0 saturated carbocycles. The molecular formula is C24H25N3O3. The molecule has 1 aliphatic heterocycles. The molecule has 4 rings (SSSR count). The number of aryl methyl sites for hydroxylation is 3. The molecule has 0 bridgehead atoms. The molecule has 0 saturated heterocycles. The highest BCUT2D eigenvalue weighted by Crippen LogP contribution is 2.26. The summed E-state index contributed by atoms with van der Waals surface area (Å²) in [6.45, 7) is 4.53. The highest BCUT2D eigenvalue weighted by atomic mass is 16.5. The molecule has 0 atom stereocenters. The Morgan fingerprint density at radius 1 is 0.967 bits per heavy atom. The molecule has 0 unspecified atom stereocenters. The molecule has 2 amide bonds. The van der Waals surface area contributed by atoms with Gasteiger partial charge >= 0.3 is 0 Å². The zero-order valence-electron chi connectivity index (χ0n) is 17.2. The largest absolute Gasteiger partial charge is 0.484 e. The summed E-state index contributed by atoms with van der Waals surface area (Å²) < 4.78 is 7.44. The summed E-state index contributed by atoms with van der Waals surface area (Å²) in [6.07, 6.45) is 1.94. The standard InChI is InChI=1S/C24H25N3O3/c1-17-9-10-18(2)27(17)25-24(29)20-11-13-21(14-12-20)30-16-23(28)26-15-5-7-19-6-3-4-8-22(19)26/h3-4,6,8-14H,5,7,15-16H2,1-2H3,(H,25,29). The molecular weight excluding hydrogens is 378 g/mol. The number of carbonyl (C=O) groups excluding carboxylic acids is 2. The monoisotopic (exact) mass is 403 g/mol. The minimum absolute atomic E-state index is 0.0400. The Kier molecular flexibility index (Phi) is 5.57. The van der Waals surface area contributed by atoms with Crippen molar-refractivity contribution in [3.05, 3.63) is 83.2 Å². The van der Waals surface area contributed by atoms with Crippen LogP contribution in [-0.2, 0) is 11.2 Å². The smallest absolute Gasteiger partial charge is 0.270 e. The Morgan fingerprint density at radius 2 is 1.67 bits per heavy atom. The van der Waals surface area contributed by atoms with E-state index < -0.39 is 0 Å². The number of anilines is 1. The lowest BCUT2D eigenvalue weighted by molar-refractivity contribution is -0.120. The Bertz CT molecular complexity index is 1050. The zero-order chi connectivity index (χ0) is 21.1. The maximum atomic E-state index is 12.7. The topological polar surface area (TPSA) is 63.6 Å². The van der Waals surface area contributed by atoms with Crippen LogP contribution < -0.4 is 15.1 Å². The van der Waals surface area contributed by atoms with Gasteiger partial charge in [0, 0.05) is 29.2 Å². The van der Waals surface area contributed by atoms with Crippen LogP contribution in [0, 0.1) is 13.8 Å². The summed E-state index contributed by atoms with van der Waals surface area (Å²) in [6, 6.07) is 18.7. The lowest BCUT2D eigenvalue weighted by Gasteiger charge is -2.29. The average molecular weight is 403 g/mol. The van der Waals surface area contributed by atoms with Crippen LogP contribution >= 0.6 is 0 Å². The molecule has 0 spiro atoms. The molecule has 30 heavy (non-hydrogen) atoms. The van der Waals surface area contributed by atoms with Gasteiger partial charge in [0.25, 0.3) is 11.8 Å². The van der Waals surface area contributed by atoms with Gasteiger partial charge in [0.1, 0.15) is 5.75 Å². The highest BCUT2D eigenvalue weighted by Gasteiger charge is 2.22. The summed E-state index contributed by atoms with van der Waals surface area (Å²) in [5.74, 6) is 0.283. The summed E-state index contributed by atoms with van der Waals surface area (Å²) in [5, 5.41) is 0. The van der Waals surface area contributed by atoms with E-state index in [0.717, 1.165) is 29.9 Å². The SMILES string of the molecule is Cc1ccc(C)n1NC(=O)c1ccc(OCC(=O)N2CCCc3ccccc32)cc1. The van der Waals surface area contributed by atoms with Crippen LogP contribution in [0.15, 0.2) is 60.7 Å². The molecule has 1 aliphatic rings. The van der Waals surface area contributed by atoms with Gasteiger partial charge in [0.05, 0.1) is 0 Å². The van der Waals surface area contributed by atoms with Crippen LogP contribution in [0.3, 0.4) is 0 Å². The Balaban J connectivity index is 1.36. The van der Waals surface area contributed by atoms with E-state index in [0.29, 0.717) is 17.9 Å². The number of benzene rings is 2. The second-order valence-corrected chi connectivity index (χ2v) is 7.48. The molecule has 0 fully saturated rings. The molecule has 6 nitrogen and oxygen atoms in total. The molecule has 154 valence electrons. The molecule has 2 aromatic carbocycles. The van der Waals surface area contributed by atoms with Gasteiger partial charge in [-0.2, -0.15) is 0 Å². The molecule has 6 heteroatoms. The van der Waals surface area contributed by atoms with E-state index in [-0.39, 0.29) is 18.4 Å². The molecule has 0 radical (unpaired) electrons. The second kappa shape index (κ2) is 8.45. The van der Waals surface area contributed by atoms with E-state index in [1.807, 2.05) is 44.2 Å². The van der Waals surface area contributed by atoms with Gasteiger partial charge in [-0.3, -0.25) is 19.7 Å². The van der Waals surface area contributed by atoms with Crippen molar-refractivity contribution in [2.45, 2.75) is 26.7 Å². The van der Waals surface area contributed by atoms with Gasteiger partial charge < -0.3 is 9.64 Å². The van der Waals surface area contributed by atoms with Crippen molar-refractivity contribution in [3.8, 4) is 5.75 Å². The quantitative estimate of drug-likeness (QED) is 0.704. The van der Waals surface area contributed by atoms with Gasteiger partial charge in [-0.05, 0) is 74.7 Å². The predicted octanol–water partition coefficient (Wildman–Crippen LogP) is 3.85. The third-order valence-electron chi connectivity index (χ3n) is 5.37. The Labute approximate surface area is 176 Å². The first-order valence-corrected chi connectivity index (χ1v) is 10.1. The van der Waals surface area contributed by atoms with Crippen LogP contribution in [-0.4, -0.2) is 29.6 Å². The first-order valence-electron chi connectivity index (χ1n) is 10.1. The van der Waals surface area contributed by atoms with Gasteiger partial charge in [0.15, 0.2) is 6.61 Å². The van der Waals surface area contributed by atoms with Crippen LogP contribution in [0.2, 0.25) is 0 Å². The maximum absolute atomic E-state index is 12.7. The summed E-state index contributed by atoms with van der Waals surface area (Å²) in [5.41, 5.74) is 7.47. The first-order chi connectivity index (χ1) is 14.5. The molecule has 3 aromatic rings. The Hall–Kier alpha value is -3.54. The van der Waals surface area contributed by atoms with E-state index in [9.17, 15) is 9.59 Å². The number of hydrogen-bond donors (Lipinski definition) is 1. The number of fused-ring (bicyclic) bond motifs is 1. The van der Waals surface area contributed by atoms with E-state index in [1.165, 1.54) is 5.56 Å². The number of para-hydroxylation sites is 1. The average Bonchev–Trinajstić information content (AvgIpc) is 3.09. The van der Waals surface area contributed by atoms with E-state index >= 15 is 0 Å². The molecule has 0 aliphatic carbocycles. The van der Waals surface area contributed by atoms with Crippen molar-refractivity contribution in [3.63, 3.8) is 0 Å². The fourth-order valence-electron chi connectivity index (χ4n) is 3.73. The first kappa shape index (κ1) is 19.8. The van der Waals surface area contributed by atoms with Gasteiger partial charge in [-0.25, -0.2) is 0 Å². The van der Waals surface area contributed by atoms with E-state index in [1.54, 1.807) is 33.8 Å². The number of nitrogens with one attached hydrogen (secondary N) is 1. The predicted molar refractivity (Wildman–Crippen MR) is 117 cm³/mol. The van der Waals surface area contributed by atoms with Gasteiger partial charge in [-0.15, -0.1) is 0 Å². The van der Waals surface area contributed by atoms with Crippen LogP contribution in [0.1, 0.15) is 33.7 Å². The molecule has 1 aromatic heterocycles. The maximum Gasteiger partial charge on any atom is 0.270 e. The number of aromatic nitrogens is 1. The zero-order valence-corrected chi connectivity index (χ0v) is 17.2. The minimum Gasteiger partial charge on any atom is -0.484 e. The van der Waals surface area contributed by atoms with Crippen molar-refractivity contribution in [2.75, 3.05) is 23.5 Å². The fraction of sp³-hybridized carbons (Fsp3) is 0.250. The van der Waals surface area contributed by atoms with Crippen molar-refractivity contribution >= 4 is 17.5 Å². The number of nitrogens with zero attached hydrogens (tertiary/aromatic N) is 2. The number of carbonyl (C=O) groups is 2. The van der Waals surface area contributed by atoms with Crippen molar-refractivity contribution in [1.82, 2.24) is 4.68 Å². The number of ether oxygens (including phenoxy) is 1. The van der Waals surface area contributed by atoms with Crippen LogP contribution in [0.5, 0.6) is 5.75 Å². The second-order valence-electron chi connectivity index (χ2n) is 7.48. The van der Waals surface area contributed by atoms with Gasteiger partial charge in [0.2, 0.25) is 0 Å². The fourth-order valence-corrected chi connectivity index (χ4v) is 3.73. The lowest BCUT2D eigenvalue weighted by atomic mass is 10.0.